The van der Waals surface area contributed by atoms with Gasteiger partial charge in [0.15, 0.2) is 5.11 Å². The molecule has 8 nitrogen and oxygen atoms in total. The first-order valence-electron chi connectivity index (χ1n) is 12.9. The van der Waals surface area contributed by atoms with Crippen molar-refractivity contribution in [2.45, 2.75) is 39.3 Å². The molecule has 1 saturated heterocycles. The van der Waals surface area contributed by atoms with Crippen molar-refractivity contribution in [2.24, 2.45) is 0 Å². The number of phenols is 1. The number of methoxy groups -OCH3 is 1. The second-order valence-corrected chi connectivity index (χ2v) is 10.4. The van der Waals surface area contributed by atoms with Gasteiger partial charge in [0.05, 0.1) is 36.3 Å². The summed E-state index contributed by atoms with van der Waals surface area (Å²) in [4.78, 5) is 18.8. The lowest BCUT2D eigenvalue weighted by Gasteiger charge is -2.29. The Bertz CT molecular complexity index is 1590. The number of carbonyl (C=O) groups is 1. The van der Waals surface area contributed by atoms with E-state index in [2.05, 4.69) is 21.7 Å². The van der Waals surface area contributed by atoms with Crippen LogP contribution in [0.15, 0.2) is 66.9 Å². The molecule has 4 aromatic rings. The van der Waals surface area contributed by atoms with Crippen LogP contribution in [0.25, 0.3) is 5.69 Å². The molecule has 2 aromatic carbocycles. The summed E-state index contributed by atoms with van der Waals surface area (Å²) in [5.41, 5.74) is 5.68. The van der Waals surface area contributed by atoms with Gasteiger partial charge in [0, 0.05) is 40.8 Å². The number of nitrogens with one attached hydrogen (secondary N) is 2. The van der Waals surface area contributed by atoms with Crippen molar-refractivity contribution in [1.82, 2.24) is 14.9 Å². The summed E-state index contributed by atoms with van der Waals surface area (Å²) in [6, 6.07) is 18.0. The number of amides is 1. The molecular weight excluding hydrogens is 546 g/mol. The Hall–Kier alpha value is -4.08. The zero-order valence-corrected chi connectivity index (χ0v) is 24.2. The van der Waals surface area contributed by atoms with Crippen molar-refractivity contribution in [1.29, 1.82) is 0 Å². The number of aromatic nitrogens is 2. The van der Waals surface area contributed by atoms with Crippen molar-refractivity contribution >= 4 is 46.2 Å². The molecule has 0 spiro atoms. The van der Waals surface area contributed by atoms with Gasteiger partial charge in [-0.05, 0) is 80.2 Å². The lowest BCUT2D eigenvalue weighted by Crippen LogP contribution is -2.29. The maximum atomic E-state index is 12.1. The summed E-state index contributed by atoms with van der Waals surface area (Å²) in [7, 11) is 1.57. The molecule has 2 aromatic heterocycles. The van der Waals surface area contributed by atoms with E-state index >= 15 is 0 Å². The number of hydrogen-bond acceptors (Lipinski definition) is 5. The molecule has 0 radical (unpaired) electrons. The van der Waals surface area contributed by atoms with Gasteiger partial charge in [0.1, 0.15) is 11.5 Å². The fourth-order valence-corrected chi connectivity index (χ4v) is 5.77. The second kappa shape index (κ2) is 11.2. The number of rotatable bonds is 7. The summed E-state index contributed by atoms with van der Waals surface area (Å²) in [5.74, 6) is 0.552. The van der Waals surface area contributed by atoms with Gasteiger partial charge in [0.2, 0.25) is 5.91 Å². The van der Waals surface area contributed by atoms with E-state index in [4.69, 9.17) is 28.6 Å². The van der Waals surface area contributed by atoms with Crippen LogP contribution in [0.1, 0.15) is 48.1 Å². The highest BCUT2D eigenvalue weighted by Gasteiger charge is 2.42. The van der Waals surface area contributed by atoms with E-state index in [1.165, 1.54) is 0 Å². The number of halogens is 1. The first-order valence-corrected chi connectivity index (χ1v) is 13.7. The Morgan fingerprint density at radius 2 is 1.98 bits per heavy atom. The van der Waals surface area contributed by atoms with Crippen LogP contribution in [0.5, 0.6) is 11.5 Å². The highest BCUT2D eigenvalue weighted by molar-refractivity contribution is 7.80. The van der Waals surface area contributed by atoms with Gasteiger partial charge in [-0.3, -0.25) is 9.78 Å². The van der Waals surface area contributed by atoms with Gasteiger partial charge in [-0.2, -0.15) is 0 Å². The van der Waals surface area contributed by atoms with E-state index in [1.54, 1.807) is 38.4 Å². The SMILES string of the molecule is CCC(=O)Nc1ccc(N2C(=S)NC(c3ccccn3)C2c2cc(C)n(-c3cc(Cl)ccc3O)c2C)cc1OC. The summed E-state index contributed by atoms with van der Waals surface area (Å²) in [6.07, 6.45) is 2.12. The molecule has 40 heavy (non-hydrogen) atoms. The van der Waals surface area contributed by atoms with Gasteiger partial charge < -0.3 is 29.9 Å². The third-order valence-electron chi connectivity index (χ3n) is 7.12. The van der Waals surface area contributed by atoms with Crippen LogP contribution in [0.2, 0.25) is 5.02 Å². The molecule has 1 aliphatic rings. The third-order valence-corrected chi connectivity index (χ3v) is 7.67. The summed E-state index contributed by atoms with van der Waals surface area (Å²) >= 11 is 12.2. The van der Waals surface area contributed by atoms with E-state index < -0.39 is 0 Å². The Balaban J connectivity index is 1.66. The molecule has 2 unspecified atom stereocenters. The largest absolute Gasteiger partial charge is 0.506 e. The van der Waals surface area contributed by atoms with Crippen LogP contribution in [-0.2, 0) is 4.79 Å². The maximum Gasteiger partial charge on any atom is 0.224 e. The van der Waals surface area contributed by atoms with Crippen LogP contribution < -0.4 is 20.3 Å². The highest BCUT2D eigenvalue weighted by Crippen LogP contribution is 2.45. The molecule has 0 saturated carbocycles. The minimum absolute atomic E-state index is 0.103. The van der Waals surface area contributed by atoms with Crippen molar-refractivity contribution in [3.05, 3.63) is 94.5 Å². The second-order valence-electron chi connectivity index (χ2n) is 9.58. The van der Waals surface area contributed by atoms with Crippen molar-refractivity contribution in [3.63, 3.8) is 0 Å². The monoisotopic (exact) mass is 575 g/mol. The zero-order valence-electron chi connectivity index (χ0n) is 22.6. The van der Waals surface area contributed by atoms with Gasteiger partial charge in [-0.1, -0.05) is 24.6 Å². The molecule has 10 heteroatoms. The van der Waals surface area contributed by atoms with Gasteiger partial charge in [-0.15, -0.1) is 0 Å². The smallest absolute Gasteiger partial charge is 0.224 e. The Labute approximate surface area is 243 Å². The molecule has 5 rings (SSSR count). The number of hydrogen-bond donors (Lipinski definition) is 3. The van der Waals surface area contributed by atoms with Crippen LogP contribution >= 0.6 is 23.8 Å². The first kappa shape index (κ1) is 27.5. The minimum Gasteiger partial charge on any atom is -0.506 e. The zero-order chi connectivity index (χ0) is 28.6. The van der Waals surface area contributed by atoms with Crippen LogP contribution in [0.3, 0.4) is 0 Å². The molecule has 3 heterocycles. The molecule has 3 N–H and O–H groups in total. The average Bonchev–Trinajstić information content (AvgIpc) is 3.45. The number of carbonyl (C=O) groups excluding carboxylic acids is 1. The van der Waals surface area contributed by atoms with E-state index in [0.717, 1.165) is 28.3 Å². The van der Waals surface area contributed by atoms with Crippen molar-refractivity contribution in [2.75, 3.05) is 17.3 Å². The maximum absolute atomic E-state index is 12.1. The van der Waals surface area contributed by atoms with E-state index in [1.807, 2.05) is 59.7 Å². The average molecular weight is 576 g/mol. The number of ether oxygens (including phenoxy) is 1. The predicted octanol–water partition coefficient (Wildman–Crippen LogP) is 6.38. The number of phenolic OH excluding ortho intramolecular Hbond substituents is 1. The number of benzene rings is 2. The Morgan fingerprint density at radius 1 is 1.18 bits per heavy atom. The third kappa shape index (κ3) is 4.98. The Kier molecular flexibility index (Phi) is 7.69. The minimum atomic E-state index is -0.288. The number of aromatic hydroxyl groups is 1. The molecule has 1 fully saturated rings. The molecule has 0 bridgehead atoms. The first-order chi connectivity index (χ1) is 19.2. The number of anilines is 2. The topological polar surface area (TPSA) is 91.7 Å². The highest BCUT2D eigenvalue weighted by atomic mass is 35.5. The predicted molar refractivity (Wildman–Crippen MR) is 162 cm³/mol. The van der Waals surface area contributed by atoms with E-state index in [9.17, 15) is 9.90 Å². The van der Waals surface area contributed by atoms with Crippen LogP contribution in [-0.4, -0.2) is 32.8 Å². The van der Waals surface area contributed by atoms with Crippen LogP contribution in [0, 0.1) is 13.8 Å². The normalized spacial score (nSPS) is 16.6. The van der Waals surface area contributed by atoms with Gasteiger partial charge in [0.25, 0.3) is 0 Å². The fourth-order valence-electron chi connectivity index (χ4n) is 5.25. The summed E-state index contributed by atoms with van der Waals surface area (Å²) in [5, 5.41) is 18.1. The van der Waals surface area contributed by atoms with Gasteiger partial charge in [-0.25, -0.2) is 0 Å². The summed E-state index contributed by atoms with van der Waals surface area (Å²) in [6.45, 7) is 5.81. The molecule has 206 valence electrons. The summed E-state index contributed by atoms with van der Waals surface area (Å²) < 4.78 is 7.64. The molecule has 2 atom stereocenters. The lowest BCUT2D eigenvalue weighted by atomic mass is 9.96. The van der Waals surface area contributed by atoms with Gasteiger partial charge >= 0.3 is 0 Å². The lowest BCUT2D eigenvalue weighted by molar-refractivity contribution is -0.115. The number of nitrogens with zero attached hydrogens (tertiary/aromatic N) is 3. The molecule has 1 amide bonds. The number of pyridine rings is 1. The molecule has 1 aliphatic heterocycles. The van der Waals surface area contributed by atoms with Crippen molar-refractivity contribution in [3.8, 4) is 17.2 Å². The Morgan fingerprint density at radius 3 is 2.67 bits per heavy atom. The fraction of sp³-hybridized carbons (Fsp3) is 0.233. The number of thiocarbonyl (C=S) groups is 1. The van der Waals surface area contributed by atoms with E-state index in [-0.39, 0.29) is 23.7 Å². The molecule has 0 aliphatic carbocycles. The standard InChI is InChI=1S/C30H30ClN5O3S/c1-5-27(38)33-22-11-10-20(16-26(22)39-4)36-29(28(34-30(36)40)23-8-6-7-13-32-23)21-14-17(2)35(18(21)3)24-15-19(31)9-12-25(24)37/h6-16,28-29,37H,5H2,1-4H3,(H,33,38)(H,34,40). The number of aryl methyl sites for hydroxylation is 1. The van der Waals surface area contributed by atoms with E-state index in [0.29, 0.717) is 33.7 Å². The van der Waals surface area contributed by atoms with Crippen LogP contribution in [0.4, 0.5) is 11.4 Å². The quantitative estimate of drug-likeness (QED) is 0.220. The van der Waals surface area contributed by atoms with Crippen molar-refractivity contribution < 1.29 is 14.6 Å². The molecular formula is C30H30ClN5O3S.